The number of rotatable bonds is 2. The molecule has 0 aromatic carbocycles. The third kappa shape index (κ3) is 2.71. The first-order valence-electron chi connectivity index (χ1n) is 7.65. The number of hydrogen-bond acceptors (Lipinski definition) is 2. The minimum Gasteiger partial charge on any atom is -0.359 e. The molecule has 1 saturated heterocycles. The number of nitrogens with zero attached hydrogens (tertiary/aromatic N) is 1. The molecule has 0 bridgehead atoms. The molecule has 0 atom stereocenters. The van der Waals surface area contributed by atoms with Crippen molar-refractivity contribution < 1.29 is 0 Å². The predicted molar refractivity (Wildman–Crippen MR) is 80.3 cm³/mol. The summed E-state index contributed by atoms with van der Waals surface area (Å²) in [6.45, 7) is 3.47. The molecule has 2 aliphatic carbocycles. The molecule has 0 unspecified atom stereocenters. The second-order valence-corrected chi connectivity index (χ2v) is 7.86. The Morgan fingerprint density at radius 2 is 1.72 bits per heavy atom. The van der Waals surface area contributed by atoms with Crippen LogP contribution in [0.4, 0.5) is 0 Å². The highest BCUT2D eigenvalue weighted by atomic mass is 32.2. The largest absolute Gasteiger partial charge is 0.359 e. The summed E-state index contributed by atoms with van der Waals surface area (Å²) in [6, 6.07) is 0. The van der Waals surface area contributed by atoms with Crippen molar-refractivity contribution >= 4 is 16.9 Å². The SMILES string of the molecule is CC1(CN=C2NC3(CCCC3)CS2)CCCCC1. The summed E-state index contributed by atoms with van der Waals surface area (Å²) in [7, 11) is 0. The monoisotopic (exact) mass is 266 g/mol. The molecular formula is C15H26N2S. The van der Waals surface area contributed by atoms with Crippen molar-refractivity contribution in [3.8, 4) is 0 Å². The van der Waals surface area contributed by atoms with Crippen molar-refractivity contribution in [3.63, 3.8) is 0 Å². The van der Waals surface area contributed by atoms with Crippen LogP contribution in [0.2, 0.25) is 0 Å². The van der Waals surface area contributed by atoms with Crippen LogP contribution in [0.3, 0.4) is 0 Å². The second kappa shape index (κ2) is 5.07. The van der Waals surface area contributed by atoms with Crippen LogP contribution in [0.5, 0.6) is 0 Å². The van der Waals surface area contributed by atoms with Crippen molar-refractivity contribution in [3.05, 3.63) is 0 Å². The topological polar surface area (TPSA) is 24.4 Å². The molecule has 1 heterocycles. The molecule has 1 spiro atoms. The molecule has 102 valence electrons. The molecule has 3 rings (SSSR count). The Bertz CT molecular complexity index is 325. The first-order valence-corrected chi connectivity index (χ1v) is 8.64. The van der Waals surface area contributed by atoms with Gasteiger partial charge in [-0.2, -0.15) is 0 Å². The summed E-state index contributed by atoms with van der Waals surface area (Å²) in [6.07, 6.45) is 12.5. The second-order valence-electron chi connectivity index (χ2n) is 6.89. The Labute approximate surface area is 115 Å². The van der Waals surface area contributed by atoms with E-state index in [2.05, 4.69) is 12.2 Å². The zero-order valence-electron chi connectivity index (χ0n) is 11.6. The van der Waals surface area contributed by atoms with Crippen molar-refractivity contribution in [2.75, 3.05) is 12.3 Å². The average molecular weight is 266 g/mol. The molecule has 0 amide bonds. The smallest absolute Gasteiger partial charge is 0.157 e. The van der Waals surface area contributed by atoms with Crippen LogP contribution in [-0.4, -0.2) is 23.0 Å². The van der Waals surface area contributed by atoms with Gasteiger partial charge in [0.25, 0.3) is 0 Å². The van der Waals surface area contributed by atoms with Gasteiger partial charge in [-0.05, 0) is 31.1 Å². The summed E-state index contributed by atoms with van der Waals surface area (Å²) >= 11 is 1.96. The van der Waals surface area contributed by atoms with Crippen LogP contribution in [0.1, 0.15) is 64.7 Å². The maximum absolute atomic E-state index is 4.91. The lowest BCUT2D eigenvalue weighted by molar-refractivity contribution is 0.227. The van der Waals surface area contributed by atoms with Crippen molar-refractivity contribution in [2.45, 2.75) is 70.3 Å². The quantitative estimate of drug-likeness (QED) is 0.818. The minimum absolute atomic E-state index is 0.428. The van der Waals surface area contributed by atoms with Crippen LogP contribution in [0, 0.1) is 5.41 Å². The van der Waals surface area contributed by atoms with Gasteiger partial charge in [0, 0.05) is 17.8 Å². The van der Waals surface area contributed by atoms with Crippen molar-refractivity contribution in [1.29, 1.82) is 0 Å². The van der Waals surface area contributed by atoms with Gasteiger partial charge in [-0.15, -0.1) is 0 Å². The molecular weight excluding hydrogens is 240 g/mol. The fourth-order valence-electron chi connectivity index (χ4n) is 3.74. The van der Waals surface area contributed by atoms with E-state index in [-0.39, 0.29) is 0 Å². The van der Waals surface area contributed by atoms with E-state index in [1.54, 1.807) is 0 Å². The third-order valence-electron chi connectivity index (χ3n) is 5.08. The van der Waals surface area contributed by atoms with E-state index in [1.165, 1.54) is 68.7 Å². The molecule has 2 nitrogen and oxygen atoms in total. The Morgan fingerprint density at radius 1 is 1.06 bits per heavy atom. The van der Waals surface area contributed by atoms with Gasteiger partial charge in [-0.1, -0.05) is 50.8 Å². The molecule has 3 fully saturated rings. The van der Waals surface area contributed by atoms with Gasteiger partial charge in [0.15, 0.2) is 5.17 Å². The third-order valence-corrected chi connectivity index (χ3v) is 6.28. The molecule has 0 aromatic heterocycles. The lowest BCUT2D eigenvalue weighted by Gasteiger charge is -2.32. The summed E-state index contributed by atoms with van der Waals surface area (Å²) < 4.78 is 0. The van der Waals surface area contributed by atoms with Gasteiger partial charge < -0.3 is 5.32 Å². The van der Waals surface area contributed by atoms with E-state index < -0.39 is 0 Å². The maximum atomic E-state index is 4.91. The predicted octanol–water partition coefficient (Wildman–Crippen LogP) is 3.96. The molecule has 3 aliphatic rings. The Hall–Kier alpha value is -0.180. The van der Waals surface area contributed by atoms with Crippen LogP contribution >= 0.6 is 11.8 Å². The lowest BCUT2D eigenvalue weighted by Crippen LogP contribution is -2.41. The van der Waals surface area contributed by atoms with Gasteiger partial charge >= 0.3 is 0 Å². The summed E-state index contributed by atoms with van der Waals surface area (Å²) in [5, 5.41) is 4.98. The highest BCUT2D eigenvalue weighted by Crippen LogP contribution is 2.39. The lowest BCUT2D eigenvalue weighted by atomic mass is 9.76. The fraction of sp³-hybridized carbons (Fsp3) is 0.933. The number of hydrogen-bond donors (Lipinski definition) is 1. The number of aliphatic imine (C=N–C) groups is 1. The maximum Gasteiger partial charge on any atom is 0.157 e. The van der Waals surface area contributed by atoms with Gasteiger partial charge in [-0.25, -0.2) is 0 Å². The van der Waals surface area contributed by atoms with E-state index in [0.29, 0.717) is 11.0 Å². The van der Waals surface area contributed by atoms with E-state index >= 15 is 0 Å². The van der Waals surface area contributed by atoms with Crippen LogP contribution in [0.15, 0.2) is 4.99 Å². The van der Waals surface area contributed by atoms with Crippen molar-refractivity contribution in [1.82, 2.24) is 5.32 Å². The first-order chi connectivity index (χ1) is 8.70. The molecule has 2 saturated carbocycles. The standard InChI is InChI=1S/C15H26N2S/c1-14(7-3-2-4-8-14)11-16-13-17-15(12-18-13)9-5-6-10-15/h2-12H2,1H3,(H,16,17). The Kier molecular flexibility index (Phi) is 3.61. The molecule has 0 aromatic rings. The minimum atomic E-state index is 0.428. The zero-order chi connectivity index (χ0) is 12.5. The molecule has 1 N–H and O–H groups in total. The zero-order valence-corrected chi connectivity index (χ0v) is 12.5. The van der Waals surface area contributed by atoms with E-state index in [1.807, 2.05) is 11.8 Å². The molecule has 3 heteroatoms. The molecule has 0 radical (unpaired) electrons. The number of nitrogens with one attached hydrogen (secondary N) is 1. The number of amidine groups is 1. The average Bonchev–Trinajstić information content (AvgIpc) is 2.99. The van der Waals surface area contributed by atoms with Gasteiger partial charge in [0.2, 0.25) is 0 Å². The highest BCUT2D eigenvalue weighted by molar-refractivity contribution is 8.14. The van der Waals surface area contributed by atoms with E-state index in [0.717, 1.165) is 6.54 Å². The summed E-state index contributed by atoms with van der Waals surface area (Å²) in [4.78, 5) is 4.91. The van der Waals surface area contributed by atoms with Crippen molar-refractivity contribution in [2.24, 2.45) is 10.4 Å². The van der Waals surface area contributed by atoms with Crippen LogP contribution in [0.25, 0.3) is 0 Å². The fourth-order valence-corrected chi connectivity index (χ4v) is 4.96. The Balaban J connectivity index is 1.57. The van der Waals surface area contributed by atoms with Gasteiger partial charge in [-0.3, -0.25) is 4.99 Å². The summed E-state index contributed by atoms with van der Waals surface area (Å²) in [5.74, 6) is 1.25. The highest BCUT2D eigenvalue weighted by Gasteiger charge is 2.39. The van der Waals surface area contributed by atoms with E-state index in [9.17, 15) is 0 Å². The first kappa shape index (κ1) is 12.8. The Morgan fingerprint density at radius 3 is 2.44 bits per heavy atom. The van der Waals surface area contributed by atoms with Crippen LogP contribution < -0.4 is 5.32 Å². The van der Waals surface area contributed by atoms with Gasteiger partial charge in [0.1, 0.15) is 0 Å². The van der Waals surface area contributed by atoms with Gasteiger partial charge in [0.05, 0.1) is 0 Å². The number of thioether (sulfide) groups is 1. The molecule has 18 heavy (non-hydrogen) atoms. The van der Waals surface area contributed by atoms with E-state index in [4.69, 9.17) is 4.99 Å². The van der Waals surface area contributed by atoms with Crippen LogP contribution in [-0.2, 0) is 0 Å². The molecule has 1 aliphatic heterocycles. The normalized spacial score (nSPS) is 31.9. The summed E-state index contributed by atoms with van der Waals surface area (Å²) in [5.41, 5.74) is 0.913.